The highest BCUT2D eigenvalue weighted by Gasteiger charge is 2.39. The Labute approximate surface area is 111 Å². The normalized spacial score (nSPS) is 26.7. The van der Waals surface area contributed by atoms with Gasteiger partial charge in [0.05, 0.1) is 23.3 Å². The summed E-state index contributed by atoms with van der Waals surface area (Å²) in [5.41, 5.74) is 0.882. The molecule has 5 nitrogen and oxygen atoms in total. The number of benzene rings is 1. The van der Waals surface area contributed by atoms with Gasteiger partial charge in [-0.3, -0.25) is 4.98 Å². The van der Waals surface area contributed by atoms with Crippen LogP contribution in [0, 0.1) is 0 Å². The molecule has 2 aromatic rings. The lowest BCUT2D eigenvalue weighted by Crippen LogP contribution is -2.43. The summed E-state index contributed by atoms with van der Waals surface area (Å²) in [4.78, 5) is 8.80. The first-order chi connectivity index (χ1) is 9.17. The summed E-state index contributed by atoms with van der Waals surface area (Å²) in [5.74, 6) is 0.672. The predicted molar refractivity (Wildman–Crippen MR) is 73.0 cm³/mol. The lowest BCUT2D eigenvalue weighted by Gasteiger charge is -2.26. The SMILES string of the molecule is CC1OCCC1(O)CNc1cnc2ccccc2n1. The van der Waals surface area contributed by atoms with Crippen LogP contribution in [0.3, 0.4) is 0 Å². The van der Waals surface area contributed by atoms with Crippen LogP contribution < -0.4 is 5.32 Å². The van der Waals surface area contributed by atoms with E-state index in [1.54, 1.807) is 6.20 Å². The van der Waals surface area contributed by atoms with Crippen molar-refractivity contribution in [2.45, 2.75) is 25.0 Å². The lowest BCUT2D eigenvalue weighted by atomic mass is 9.97. The maximum atomic E-state index is 10.4. The van der Waals surface area contributed by atoms with E-state index in [1.165, 1.54) is 0 Å². The first-order valence-corrected chi connectivity index (χ1v) is 6.47. The molecule has 100 valence electrons. The topological polar surface area (TPSA) is 67.3 Å². The molecule has 0 saturated carbocycles. The molecular formula is C14H17N3O2. The van der Waals surface area contributed by atoms with Crippen molar-refractivity contribution < 1.29 is 9.84 Å². The third-order valence-corrected chi connectivity index (χ3v) is 3.68. The zero-order chi connectivity index (χ0) is 13.3. The molecule has 1 saturated heterocycles. The van der Waals surface area contributed by atoms with E-state index in [0.717, 1.165) is 11.0 Å². The number of anilines is 1. The fourth-order valence-electron chi connectivity index (χ4n) is 2.29. The van der Waals surface area contributed by atoms with Crippen molar-refractivity contribution in [2.75, 3.05) is 18.5 Å². The van der Waals surface area contributed by atoms with E-state index in [4.69, 9.17) is 4.74 Å². The molecular weight excluding hydrogens is 242 g/mol. The van der Waals surface area contributed by atoms with Crippen LogP contribution in [0.15, 0.2) is 30.5 Å². The highest BCUT2D eigenvalue weighted by atomic mass is 16.5. The molecule has 3 rings (SSSR count). The molecule has 1 aromatic carbocycles. The van der Waals surface area contributed by atoms with Gasteiger partial charge in [0.1, 0.15) is 11.4 Å². The Morgan fingerprint density at radius 2 is 2.21 bits per heavy atom. The quantitative estimate of drug-likeness (QED) is 0.876. The number of aromatic nitrogens is 2. The van der Waals surface area contributed by atoms with Gasteiger partial charge >= 0.3 is 0 Å². The van der Waals surface area contributed by atoms with E-state index in [2.05, 4.69) is 15.3 Å². The van der Waals surface area contributed by atoms with Gasteiger partial charge in [0, 0.05) is 19.6 Å². The highest BCUT2D eigenvalue weighted by Crippen LogP contribution is 2.25. The molecule has 0 radical (unpaired) electrons. The predicted octanol–water partition coefficient (Wildman–Crippen LogP) is 1.58. The number of aliphatic hydroxyl groups is 1. The number of nitrogens with one attached hydrogen (secondary N) is 1. The third kappa shape index (κ3) is 2.39. The molecule has 0 amide bonds. The van der Waals surface area contributed by atoms with Crippen LogP contribution in [0.2, 0.25) is 0 Å². The summed E-state index contributed by atoms with van der Waals surface area (Å²) in [7, 11) is 0. The number of nitrogens with zero attached hydrogens (tertiary/aromatic N) is 2. The van der Waals surface area contributed by atoms with Crippen LogP contribution in [0.25, 0.3) is 11.0 Å². The number of para-hydroxylation sites is 2. The fourth-order valence-corrected chi connectivity index (χ4v) is 2.29. The monoisotopic (exact) mass is 259 g/mol. The summed E-state index contributed by atoms with van der Waals surface area (Å²) >= 11 is 0. The molecule has 0 spiro atoms. The van der Waals surface area contributed by atoms with Crippen LogP contribution in [-0.4, -0.2) is 39.9 Å². The van der Waals surface area contributed by atoms with Crippen LogP contribution >= 0.6 is 0 Å². The second-order valence-electron chi connectivity index (χ2n) is 4.96. The number of hydrogen-bond donors (Lipinski definition) is 2. The van der Waals surface area contributed by atoms with Gasteiger partial charge in [0.25, 0.3) is 0 Å². The molecule has 2 unspecified atom stereocenters. The van der Waals surface area contributed by atoms with E-state index < -0.39 is 5.60 Å². The average Bonchev–Trinajstić information content (AvgIpc) is 2.77. The van der Waals surface area contributed by atoms with Crippen molar-refractivity contribution in [2.24, 2.45) is 0 Å². The van der Waals surface area contributed by atoms with Gasteiger partial charge in [-0.25, -0.2) is 4.98 Å². The van der Waals surface area contributed by atoms with E-state index >= 15 is 0 Å². The minimum absolute atomic E-state index is 0.159. The Bertz CT molecular complexity index is 590. The standard InChI is InChI=1S/C14H17N3O2/c1-10-14(18,6-7-19-10)9-16-13-8-15-11-4-2-3-5-12(11)17-13/h2-5,8,10,18H,6-7,9H2,1H3,(H,16,17). The summed E-state index contributed by atoms with van der Waals surface area (Å²) in [6, 6.07) is 7.71. The molecule has 1 aliphatic heterocycles. The smallest absolute Gasteiger partial charge is 0.145 e. The van der Waals surface area contributed by atoms with E-state index in [9.17, 15) is 5.11 Å². The molecule has 2 N–H and O–H groups in total. The van der Waals surface area contributed by atoms with E-state index in [0.29, 0.717) is 25.4 Å². The van der Waals surface area contributed by atoms with Gasteiger partial charge in [-0.15, -0.1) is 0 Å². The average molecular weight is 259 g/mol. The van der Waals surface area contributed by atoms with Gasteiger partial charge in [-0.2, -0.15) is 0 Å². The lowest BCUT2D eigenvalue weighted by molar-refractivity contribution is -0.0176. The zero-order valence-corrected chi connectivity index (χ0v) is 10.8. The molecule has 0 bridgehead atoms. The van der Waals surface area contributed by atoms with Gasteiger partial charge in [-0.1, -0.05) is 12.1 Å². The molecule has 19 heavy (non-hydrogen) atoms. The van der Waals surface area contributed by atoms with E-state index in [-0.39, 0.29) is 6.10 Å². The van der Waals surface area contributed by atoms with Crippen molar-refractivity contribution in [3.63, 3.8) is 0 Å². The largest absolute Gasteiger partial charge is 0.385 e. The number of fused-ring (bicyclic) bond motifs is 1. The minimum Gasteiger partial charge on any atom is -0.385 e. The summed E-state index contributed by atoms with van der Waals surface area (Å²) in [6.07, 6.45) is 2.17. The Kier molecular flexibility index (Phi) is 3.08. The first-order valence-electron chi connectivity index (χ1n) is 6.47. The van der Waals surface area contributed by atoms with Crippen LogP contribution in [-0.2, 0) is 4.74 Å². The molecule has 1 aromatic heterocycles. The maximum absolute atomic E-state index is 10.4. The Morgan fingerprint density at radius 3 is 2.95 bits per heavy atom. The number of ether oxygens (including phenoxy) is 1. The first kappa shape index (κ1) is 12.3. The van der Waals surface area contributed by atoms with Crippen molar-refractivity contribution in [3.8, 4) is 0 Å². The molecule has 0 aliphatic carbocycles. The number of hydrogen-bond acceptors (Lipinski definition) is 5. The van der Waals surface area contributed by atoms with Gasteiger partial charge < -0.3 is 15.2 Å². The van der Waals surface area contributed by atoms with Crippen LogP contribution in [0.5, 0.6) is 0 Å². The van der Waals surface area contributed by atoms with Gasteiger partial charge in [0.15, 0.2) is 0 Å². The van der Waals surface area contributed by atoms with E-state index in [1.807, 2.05) is 31.2 Å². The minimum atomic E-state index is -0.826. The fraction of sp³-hybridized carbons (Fsp3) is 0.429. The molecule has 2 atom stereocenters. The van der Waals surface area contributed by atoms with Crippen molar-refractivity contribution in [1.82, 2.24) is 9.97 Å². The second kappa shape index (κ2) is 4.75. The van der Waals surface area contributed by atoms with Crippen molar-refractivity contribution >= 4 is 16.9 Å². The second-order valence-corrected chi connectivity index (χ2v) is 4.96. The molecule has 1 aliphatic rings. The zero-order valence-electron chi connectivity index (χ0n) is 10.8. The Morgan fingerprint density at radius 1 is 1.42 bits per heavy atom. The van der Waals surface area contributed by atoms with Gasteiger partial charge in [0.2, 0.25) is 0 Å². The summed E-state index contributed by atoms with van der Waals surface area (Å²) in [6.45, 7) is 2.91. The molecule has 1 fully saturated rings. The van der Waals surface area contributed by atoms with Crippen LogP contribution in [0.4, 0.5) is 5.82 Å². The molecule has 2 heterocycles. The summed E-state index contributed by atoms with van der Waals surface area (Å²) in [5, 5.41) is 13.5. The van der Waals surface area contributed by atoms with Crippen LogP contribution in [0.1, 0.15) is 13.3 Å². The number of rotatable bonds is 3. The van der Waals surface area contributed by atoms with Gasteiger partial charge in [-0.05, 0) is 19.1 Å². The molecule has 5 heteroatoms. The maximum Gasteiger partial charge on any atom is 0.145 e. The Balaban J connectivity index is 1.75. The summed E-state index contributed by atoms with van der Waals surface area (Å²) < 4.78 is 5.40. The Hall–Kier alpha value is -1.72. The van der Waals surface area contributed by atoms with Crippen molar-refractivity contribution in [3.05, 3.63) is 30.5 Å². The van der Waals surface area contributed by atoms with Crippen molar-refractivity contribution in [1.29, 1.82) is 0 Å². The third-order valence-electron chi connectivity index (χ3n) is 3.68. The highest BCUT2D eigenvalue weighted by molar-refractivity contribution is 5.75.